The van der Waals surface area contributed by atoms with Crippen LogP contribution in [0.15, 0.2) is 18.2 Å². The lowest BCUT2D eigenvalue weighted by atomic mass is 10.0. The molecule has 4 N–H and O–H groups in total. The molecule has 1 aliphatic rings. The number of carboxylic acid groups (broad SMARTS) is 1. The van der Waals surface area contributed by atoms with Crippen LogP contribution in [0, 0.1) is 0 Å². The van der Waals surface area contributed by atoms with Crippen LogP contribution < -0.4 is 10.5 Å². The Morgan fingerprint density at radius 1 is 1.60 bits per heavy atom. The van der Waals surface area contributed by atoms with Crippen molar-refractivity contribution in [2.75, 3.05) is 17.6 Å². The van der Waals surface area contributed by atoms with E-state index in [1.807, 2.05) is 0 Å². The first kappa shape index (κ1) is 14.8. The minimum absolute atomic E-state index is 0.153. The molecule has 1 heterocycles. The third-order valence-electron chi connectivity index (χ3n) is 2.86. The van der Waals surface area contributed by atoms with Crippen LogP contribution in [0.3, 0.4) is 0 Å². The Balaban J connectivity index is 2.26. The molecule has 0 aromatic heterocycles. The van der Waals surface area contributed by atoms with Gasteiger partial charge in [0.25, 0.3) is 0 Å². The molecule has 2 atom stereocenters. The van der Waals surface area contributed by atoms with E-state index in [9.17, 15) is 13.2 Å². The number of ether oxygens (including phenoxy) is 1. The number of nitrogens with two attached hydrogens (primary N) is 1. The van der Waals surface area contributed by atoms with Crippen LogP contribution in [0.5, 0.6) is 0 Å². The van der Waals surface area contributed by atoms with Crippen molar-refractivity contribution >= 4 is 21.7 Å². The van der Waals surface area contributed by atoms with E-state index in [0.29, 0.717) is 17.9 Å². The van der Waals surface area contributed by atoms with Gasteiger partial charge in [-0.25, -0.2) is 8.42 Å². The zero-order chi connectivity index (χ0) is 14.9. The predicted octanol–water partition coefficient (Wildman–Crippen LogP) is 0.0838. The predicted molar refractivity (Wildman–Crippen MR) is 72.9 cm³/mol. The molecule has 2 rings (SSSR count). The smallest absolute Gasteiger partial charge is 0.320 e. The van der Waals surface area contributed by atoms with Gasteiger partial charge in [-0.1, -0.05) is 12.1 Å². The van der Waals surface area contributed by atoms with Gasteiger partial charge in [-0.3, -0.25) is 9.52 Å². The maximum absolute atomic E-state index is 11.3. The van der Waals surface area contributed by atoms with E-state index >= 15 is 0 Å². The molecule has 0 amide bonds. The monoisotopic (exact) mass is 300 g/mol. The van der Waals surface area contributed by atoms with Gasteiger partial charge in [-0.2, -0.15) is 0 Å². The van der Waals surface area contributed by atoms with Crippen molar-refractivity contribution in [2.45, 2.75) is 18.6 Å². The zero-order valence-corrected chi connectivity index (χ0v) is 11.7. The Kier molecular flexibility index (Phi) is 3.98. The van der Waals surface area contributed by atoms with E-state index in [2.05, 4.69) is 4.72 Å². The van der Waals surface area contributed by atoms with E-state index in [4.69, 9.17) is 15.6 Å². The summed E-state index contributed by atoms with van der Waals surface area (Å²) in [4.78, 5) is 10.7. The van der Waals surface area contributed by atoms with Gasteiger partial charge in [0.05, 0.1) is 18.6 Å². The fourth-order valence-corrected chi connectivity index (χ4v) is 2.45. The summed E-state index contributed by atoms with van der Waals surface area (Å²) in [5.74, 6) is -1.08. The summed E-state index contributed by atoms with van der Waals surface area (Å²) in [7, 11) is -3.38. The molecule has 0 aliphatic carbocycles. The third-order valence-corrected chi connectivity index (χ3v) is 3.46. The van der Waals surface area contributed by atoms with Crippen LogP contribution in [0.4, 0.5) is 5.69 Å². The summed E-state index contributed by atoms with van der Waals surface area (Å²) in [6.07, 6.45) is 1.09. The van der Waals surface area contributed by atoms with Gasteiger partial charge in [0, 0.05) is 5.56 Å². The molecule has 1 aliphatic heterocycles. The van der Waals surface area contributed by atoms with Crippen LogP contribution in [-0.4, -0.2) is 38.4 Å². The standard InChI is InChI=1S/C12H16N2O5S/c1-20(17,18)14-10-3-2-7(5-9(13)12(15)16)4-8(10)11-6-19-11/h2-4,9,11,14H,5-6,13H2,1H3,(H,15,16). The van der Waals surface area contributed by atoms with Gasteiger partial charge < -0.3 is 15.6 Å². The van der Waals surface area contributed by atoms with Crippen molar-refractivity contribution in [3.63, 3.8) is 0 Å². The highest BCUT2D eigenvalue weighted by molar-refractivity contribution is 7.92. The van der Waals surface area contributed by atoms with E-state index in [1.165, 1.54) is 0 Å². The highest BCUT2D eigenvalue weighted by atomic mass is 32.2. The number of epoxide rings is 1. The maximum atomic E-state index is 11.3. The summed E-state index contributed by atoms with van der Waals surface area (Å²) in [6, 6.07) is 4.00. The third kappa shape index (κ3) is 3.92. The van der Waals surface area contributed by atoms with E-state index in [-0.39, 0.29) is 12.5 Å². The first-order valence-corrected chi connectivity index (χ1v) is 7.86. The Hall–Kier alpha value is -1.64. The number of carboxylic acids is 1. The molecule has 0 saturated carbocycles. The number of nitrogens with one attached hydrogen (secondary N) is 1. The number of benzene rings is 1. The van der Waals surface area contributed by atoms with Gasteiger partial charge in [-0.05, 0) is 18.1 Å². The molecule has 1 aromatic carbocycles. The van der Waals surface area contributed by atoms with Crippen molar-refractivity contribution in [2.24, 2.45) is 5.73 Å². The maximum Gasteiger partial charge on any atom is 0.320 e. The lowest BCUT2D eigenvalue weighted by Gasteiger charge is -2.12. The quantitative estimate of drug-likeness (QED) is 0.640. The Morgan fingerprint density at radius 2 is 2.25 bits per heavy atom. The molecule has 8 heteroatoms. The minimum atomic E-state index is -3.38. The lowest BCUT2D eigenvalue weighted by molar-refractivity contribution is -0.138. The SMILES string of the molecule is CS(=O)(=O)Nc1ccc(CC(N)C(=O)O)cc1C1CO1. The molecule has 1 aromatic rings. The fraction of sp³-hybridized carbons (Fsp3) is 0.417. The largest absolute Gasteiger partial charge is 0.480 e. The number of hydrogen-bond donors (Lipinski definition) is 3. The Bertz CT molecular complexity index is 625. The van der Waals surface area contributed by atoms with Crippen LogP contribution in [0.1, 0.15) is 17.2 Å². The summed E-state index contributed by atoms with van der Waals surface area (Å²) in [5, 5.41) is 8.80. The summed E-state index contributed by atoms with van der Waals surface area (Å²) < 4.78 is 30.2. The van der Waals surface area contributed by atoms with Gasteiger partial charge in [0.2, 0.25) is 10.0 Å². The molecule has 1 fully saturated rings. The highest BCUT2D eigenvalue weighted by Crippen LogP contribution is 2.36. The average molecular weight is 300 g/mol. The second-order valence-electron chi connectivity index (χ2n) is 4.77. The van der Waals surface area contributed by atoms with Gasteiger partial charge in [0.15, 0.2) is 0 Å². The summed E-state index contributed by atoms with van der Waals surface area (Å²) >= 11 is 0. The van der Waals surface area contributed by atoms with Gasteiger partial charge >= 0.3 is 5.97 Å². The van der Waals surface area contributed by atoms with Crippen molar-refractivity contribution < 1.29 is 23.1 Å². The molecule has 1 saturated heterocycles. The first-order valence-electron chi connectivity index (χ1n) is 5.97. The van der Waals surface area contributed by atoms with Gasteiger partial charge in [-0.15, -0.1) is 0 Å². The fourth-order valence-electron chi connectivity index (χ4n) is 1.87. The lowest BCUT2D eigenvalue weighted by Crippen LogP contribution is -2.32. The minimum Gasteiger partial charge on any atom is -0.480 e. The van der Waals surface area contributed by atoms with E-state index < -0.39 is 22.0 Å². The average Bonchev–Trinajstić information content (AvgIpc) is 3.13. The van der Waals surface area contributed by atoms with Crippen molar-refractivity contribution in [3.8, 4) is 0 Å². The highest BCUT2D eigenvalue weighted by Gasteiger charge is 2.28. The normalized spacial score (nSPS) is 19.4. The van der Waals surface area contributed by atoms with E-state index in [1.54, 1.807) is 18.2 Å². The van der Waals surface area contributed by atoms with Crippen molar-refractivity contribution in [1.82, 2.24) is 0 Å². The molecule has 110 valence electrons. The zero-order valence-electron chi connectivity index (χ0n) is 10.9. The second-order valence-corrected chi connectivity index (χ2v) is 6.52. The Labute approximate surface area is 116 Å². The first-order chi connectivity index (χ1) is 9.26. The molecular formula is C12H16N2O5S. The molecule has 0 bridgehead atoms. The molecule has 20 heavy (non-hydrogen) atoms. The molecule has 2 unspecified atom stereocenters. The van der Waals surface area contributed by atoms with Crippen LogP contribution >= 0.6 is 0 Å². The van der Waals surface area contributed by atoms with E-state index in [0.717, 1.165) is 11.8 Å². The number of aliphatic carboxylic acids is 1. The number of rotatable bonds is 6. The number of sulfonamides is 1. The molecule has 7 nitrogen and oxygen atoms in total. The molecule has 0 radical (unpaired) electrons. The topological polar surface area (TPSA) is 122 Å². The van der Waals surface area contributed by atoms with Crippen LogP contribution in [0.2, 0.25) is 0 Å². The molecule has 0 spiro atoms. The Morgan fingerprint density at radius 3 is 2.75 bits per heavy atom. The van der Waals surface area contributed by atoms with Crippen LogP contribution in [-0.2, 0) is 26.0 Å². The summed E-state index contributed by atoms with van der Waals surface area (Å²) in [6.45, 7) is 0.521. The molecular weight excluding hydrogens is 284 g/mol. The van der Waals surface area contributed by atoms with Crippen molar-refractivity contribution in [1.29, 1.82) is 0 Å². The van der Waals surface area contributed by atoms with Crippen molar-refractivity contribution in [3.05, 3.63) is 29.3 Å². The summed E-state index contributed by atoms with van der Waals surface area (Å²) in [5.41, 5.74) is 7.36. The van der Waals surface area contributed by atoms with Gasteiger partial charge in [0.1, 0.15) is 12.1 Å². The number of hydrogen-bond acceptors (Lipinski definition) is 5. The number of carbonyl (C=O) groups is 1. The van der Waals surface area contributed by atoms with Crippen LogP contribution in [0.25, 0.3) is 0 Å². The number of anilines is 1. The second kappa shape index (κ2) is 5.39.